The lowest BCUT2D eigenvalue weighted by atomic mass is 9.99. The molecule has 168 valence electrons. The zero-order valence-electron chi connectivity index (χ0n) is 17.9. The molecule has 2 aromatic rings. The Hall–Kier alpha value is -2.38. The van der Waals surface area contributed by atoms with Crippen molar-refractivity contribution in [2.75, 3.05) is 12.4 Å². The molecule has 0 saturated heterocycles. The Kier molecular flexibility index (Phi) is 10.0. The molecule has 0 aliphatic heterocycles. The van der Waals surface area contributed by atoms with E-state index in [0.29, 0.717) is 41.5 Å². The second-order valence-corrected chi connectivity index (χ2v) is 8.59. The standard InChI is InChI=1S/C23H29ClN2O4S/c1-3-6-17-20(9-8-16(23(17)28)19(4-2)26-29)30-11-5-12-31-21-10-7-15(13-18(21)24)14-22(25)27/h7-10,13,28-29H,3-6,11-12,14H2,1-2H3,(H2,25,27). The van der Waals surface area contributed by atoms with Crippen molar-refractivity contribution in [2.45, 2.75) is 50.8 Å². The zero-order valence-corrected chi connectivity index (χ0v) is 19.4. The summed E-state index contributed by atoms with van der Waals surface area (Å²) in [6.07, 6.45) is 2.99. The molecule has 0 heterocycles. The molecule has 0 spiro atoms. The summed E-state index contributed by atoms with van der Waals surface area (Å²) in [5.74, 6) is 1.19. The van der Waals surface area contributed by atoms with Gasteiger partial charge in [0.2, 0.25) is 5.91 Å². The third kappa shape index (κ3) is 7.08. The summed E-state index contributed by atoms with van der Waals surface area (Å²) in [7, 11) is 0. The van der Waals surface area contributed by atoms with Gasteiger partial charge in [-0.15, -0.1) is 11.8 Å². The summed E-state index contributed by atoms with van der Waals surface area (Å²) in [5.41, 5.74) is 7.72. The van der Waals surface area contributed by atoms with Crippen LogP contribution in [0.3, 0.4) is 0 Å². The first-order valence-electron chi connectivity index (χ1n) is 10.3. The maximum Gasteiger partial charge on any atom is 0.221 e. The summed E-state index contributed by atoms with van der Waals surface area (Å²) >= 11 is 7.92. The van der Waals surface area contributed by atoms with Gasteiger partial charge in [-0.1, -0.05) is 43.1 Å². The second-order valence-electron chi connectivity index (χ2n) is 7.05. The van der Waals surface area contributed by atoms with E-state index < -0.39 is 0 Å². The summed E-state index contributed by atoms with van der Waals surface area (Å²) < 4.78 is 5.94. The number of phenols is 1. The first kappa shape index (κ1) is 24.9. The fourth-order valence-electron chi connectivity index (χ4n) is 3.19. The van der Waals surface area contributed by atoms with E-state index in [-0.39, 0.29) is 18.1 Å². The Bertz CT molecular complexity index is 934. The van der Waals surface area contributed by atoms with Gasteiger partial charge in [0.25, 0.3) is 0 Å². The molecule has 0 aromatic heterocycles. The van der Waals surface area contributed by atoms with E-state index in [2.05, 4.69) is 5.16 Å². The van der Waals surface area contributed by atoms with E-state index in [4.69, 9.17) is 22.1 Å². The Balaban J connectivity index is 1.95. The van der Waals surface area contributed by atoms with Gasteiger partial charge in [0.05, 0.1) is 23.8 Å². The molecule has 0 fully saturated rings. The van der Waals surface area contributed by atoms with E-state index in [1.54, 1.807) is 23.9 Å². The molecule has 0 unspecified atom stereocenters. The minimum atomic E-state index is -0.385. The van der Waals surface area contributed by atoms with Crippen molar-refractivity contribution in [3.8, 4) is 11.5 Å². The molecule has 4 N–H and O–H groups in total. The fourth-order valence-corrected chi connectivity index (χ4v) is 4.40. The molecule has 2 rings (SSSR count). The predicted octanol–water partition coefficient (Wildman–Crippen LogP) is 5.18. The normalized spacial score (nSPS) is 11.5. The van der Waals surface area contributed by atoms with E-state index in [0.717, 1.165) is 34.6 Å². The van der Waals surface area contributed by atoms with Gasteiger partial charge in [0, 0.05) is 21.8 Å². The van der Waals surface area contributed by atoms with Crippen LogP contribution in [0.2, 0.25) is 5.02 Å². The minimum Gasteiger partial charge on any atom is -0.507 e. The van der Waals surface area contributed by atoms with Crippen LogP contribution >= 0.6 is 23.4 Å². The van der Waals surface area contributed by atoms with E-state index in [1.165, 1.54) is 0 Å². The van der Waals surface area contributed by atoms with Gasteiger partial charge in [0.15, 0.2) is 0 Å². The van der Waals surface area contributed by atoms with Crippen LogP contribution in [0.4, 0.5) is 0 Å². The molecular weight excluding hydrogens is 436 g/mol. The van der Waals surface area contributed by atoms with Gasteiger partial charge in [-0.2, -0.15) is 0 Å². The van der Waals surface area contributed by atoms with Gasteiger partial charge < -0.3 is 20.8 Å². The highest BCUT2D eigenvalue weighted by molar-refractivity contribution is 7.99. The van der Waals surface area contributed by atoms with Crippen LogP contribution in [-0.4, -0.2) is 34.3 Å². The number of carbonyl (C=O) groups excluding carboxylic acids is 1. The number of carbonyl (C=O) groups is 1. The molecule has 0 aliphatic carbocycles. The number of oxime groups is 1. The van der Waals surface area contributed by atoms with Crippen molar-refractivity contribution in [2.24, 2.45) is 10.9 Å². The van der Waals surface area contributed by atoms with Crippen LogP contribution in [0.1, 0.15) is 49.8 Å². The number of rotatable bonds is 12. The highest BCUT2D eigenvalue weighted by atomic mass is 35.5. The van der Waals surface area contributed by atoms with Crippen LogP contribution in [0.25, 0.3) is 0 Å². The van der Waals surface area contributed by atoms with E-state index in [9.17, 15) is 15.1 Å². The maximum atomic E-state index is 11.0. The zero-order chi connectivity index (χ0) is 22.8. The topological polar surface area (TPSA) is 105 Å². The number of phenolic OH excluding ortho intramolecular Hbond substituents is 1. The van der Waals surface area contributed by atoms with Gasteiger partial charge in [-0.05, 0) is 49.1 Å². The molecule has 0 aliphatic rings. The largest absolute Gasteiger partial charge is 0.507 e. The number of thioether (sulfide) groups is 1. The van der Waals surface area contributed by atoms with E-state index in [1.807, 2.05) is 32.0 Å². The molecule has 0 saturated carbocycles. The van der Waals surface area contributed by atoms with Crippen LogP contribution in [0.15, 0.2) is 40.4 Å². The number of nitrogens with zero attached hydrogens (tertiary/aromatic N) is 1. The summed E-state index contributed by atoms with van der Waals surface area (Å²) in [6, 6.07) is 9.08. The highest BCUT2D eigenvalue weighted by Gasteiger charge is 2.16. The summed E-state index contributed by atoms with van der Waals surface area (Å²) in [5, 5.41) is 23.7. The average molecular weight is 465 g/mol. The number of nitrogens with two attached hydrogens (primary N) is 1. The van der Waals surface area contributed by atoms with Crippen molar-refractivity contribution in [1.82, 2.24) is 0 Å². The second kappa shape index (κ2) is 12.5. The van der Waals surface area contributed by atoms with Gasteiger partial charge in [-0.3, -0.25) is 4.79 Å². The third-order valence-corrected chi connectivity index (χ3v) is 6.27. The van der Waals surface area contributed by atoms with Crippen molar-refractivity contribution in [3.05, 3.63) is 52.0 Å². The predicted molar refractivity (Wildman–Crippen MR) is 126 cm³/mol. The molecular formula is C23H29ClN2O4S. The lowest BCUT2D eigenvalue weighted by molar-refractivity contribution is -0.117. The Morgan fingerprint density at radius 1 is 1.26 bits per heavy atom. The van der Waals surface area contributed by atoms with Crippen LogP contribution in [0.5, 0.6) is 11.5 Å². The lowest BCUT2D eigenvalue weighted by Crippen LogP contribution is -2.13. The molecule has 0 atom stereocenters. The van der Waals surface area contributed by atoms with Crippen LogP contribution < -0.4 is 10.5 Å². The highest BCUT2D eigenvalue weighted by Crippen LogP contribution is 2.34. The van der Waals surface area contributed by atoms with E-state index >= 15 is 0 Å². The Morgan fingerprint density at radius 2 is 2.03 bits per heavy atom. The van der Waals surface area contributed by atoms with Crippen LogP contribution in [-0.2, 0) is 17.6 Å². The van der Waals surface area contributed by atoms with Crippen molar-refractivity contribution in [3.63, 3.8) is 0 Å². The monoisotopic (exact) mass is 464 g/mol. The number of hydrogen-bond acceptors (Lipinski definition) is 6. The number of aromatic hydroxyl groups is 1. The molecule has 0 bridgehead atoms. The molecule has 0 radical (unpaired) electrons. The van der Waals surface area contributed by atoms with Crippen molar-refractivity contribution < 1.29 is 19.8 Å². The number of amides is 1. The van der Waals surface area contributed by atoms with Crippen molar-refractivity contribution >= 4 is 35.0 Å². The number of benzene rings is 2. The maximum absolute atomic E-state index is 11.0. The molecule has 6 nitrogen and oxygen atoms in total. The minimum absolute atomic E-state index is 0.117. The Labute approximate surface area is 192 Å². The quantitative estimate of drug-likeness (QED) is 0.132. The number of ether oxygens (including phenoxy) is 1. The smallest absolute Gasteiger partial charge is 0.221 e. The van der Waals surface area contributed by atoms with Crippen LogP contribution in [0, 0.1) is 0 Å². The van der Waals surface area contributed by atoms with Gasteiger partial charge in [-0.25, -0.2) is 0 Å². The molecule has 1 amide bonds. The first-order chi connectivity index (χ1) is 14.9. The lowest BCUT2D eigenvalue weighted by Gasteiger charge is -2.16. The molecule has 8 heteroatoms. The summed E-state index contributed by atoms with van der Waals surface area (Å²) in [6.45, 7) is 4.40. The third-order valence-electron chi connectivity index (χ3n) is 4.68. The van der Waals surface area contributed by atoms with Crippen molar-refractivity contribution in [1.29, 1.82) is 0 Å². The fraction of sp³-hybridized carbons (Fsp3) is 0.391. The SMILES string of the molecule is CCCc1c(OCCCSc2ccc(CC(N)=O)cc2Cl)ccc(C(CC)=NO)c1O. The Morgan fingerprint density at radius 3 is 2.65 bits per heavy atom. The molecule has 31 heavy (non-hydrogen) atoms. The number of halogens is 1. The van der Waals surface area contributed by atoms with Gasteiger partial charge in [0.1, 0.15) is 11.5 Å². The summed E-state index contributed by atoms with van der Waals surface area (Å²) in [4.78, 5) is 12.0. The van der Waals surface area contributed by atoms with Gasteiger partial charge >= 0.3 is 0 Å². The average Bonchev–Trinajstić information content (AvgIpc) is 2.73. The first-order valence-corrected chi connectivity index (χ1v) is 11.7. The number of primary amides is 1. The number of hydrogen-bond donors (Lipinski definition) is 3. The molecule has 2 aromatic carbocycles.